The standard InChI is InChI=1S/C14H12F2N2O3/c15-14(16)21-13-7-2-1-4-10(13)9-17-11-5-3-6-12(8-11)18(19)20/h1-8,14,17H,9H2. The number of nitro benzene ring substituents is 1. The Bertz CT molecular complexity index is 635. The third-order valence-electron chi connectivity index (χ3n) is 2.73. The van der Waals surface area contributed by atoms with E-state index in [-0.39, 0.29) is 18.0 Å². The molecule has 0 bridgehead atoms. The first-order valence-electron chi connectivity index (χ1n) is 6.07. The summed E-state index contributed by atoms with van der Waals surface area (Å²) in [5.74, 6) is 0.0745. The van der Waals surface area contributed by atoms with Crippen LogP contribution >= 0.6 is 0 Å². The minimum Gasteiger partial charge on any atom is -0.434 e. The quantitative estimate of drug-likeness (QED) is 0.650. The van der Waals surface area contributed by atoms with Crippen LogP contribution in [0.1, 0.15) is 5.56 Å². The summed E-state index contributed by atoms with van der Waals surface area (Å²) in [6.45, 7) is -2.69. The molecule has 0 saturated carbocycles. The Balaban J connectivity index is 2.09. The summed E-state index contributed by atoms with van der Waals surface area (Å²) in [4.78, 5) is 10.2. The average molecular weight is 294 g/mol. The number of nitrogens with one attached hydrogen (secondary N) is 1. The van der Waals surface area contributed by atoms with Gasteiger partial charge in [-0.3, -0.25) is 10.1 Å². The number of benzene rings is 2. The number of hydrogen-bond acceptors (Lipinski definition) is 4. The second-order valence-corrected chi connectivity index (χ2v) is 4.15. The van der Waals surface area contributed by atoms with Crippen LogP contribution in [-0.2, 0) is 6.54 Å². The second-order valence-electron chi connectivity index (χ2n) is 4.15. The molecule has 0 aliphatic rings. The van der Waals surface area contributed by atoms with Gasteiger partial charge in [0.05, 0.1) is 4.92 Å². The SMILES string of the molecule is O=[N+]([O-])c1cccc(NCc2ccccc2OC(F)F)c1. The number of para-hydroxylation sites is 1. The molecule has 110 valence electrons. The Kier molecular flexibility index (Phi) is 4.65. The molecule has 5 nitrogen and oxygen atoms in total. The van der Waals surface area contributed by atoms with E-state index in [2.05, 4.69) is 10.1 Å². The molecule has 0 aromatic heterocycles. The number of anilines is 1. The summed E-state index contributed by atoms with van der Waals surface area (Å²) in [5.41, 5.74) is 1.01. The Morgan fingerprint density at radius 3 is 2.67 bits per heavy atom. The number of nitro groups is 1. The van der Waals surface area contributed by atoms with Gasteiger partial charge < -0.3 is 10.1 Å². The zero-order chi connectivity index (χ0) is 15.2. The monoisotopic (exact) mass is 294 g/mol. The smallest absolute Gasteiger partial charge is 0.387 e. The van der Waals surface area contributed by atoms with Crippen molar-refractivity contribution in [3.63, 3.8) is 0 Å². The molecule has 0 amide bonds. The highest BCUT2D eigenvalue weighted by molar-refractivity contribution is 5.51. The minimum atomic E-state index is -2.90. The lowest BCUT2D eigenvalue weighted by Crippen LogP contribution is -2.07. The second kappa shape index (κ2) is 6.65. The molecule has 7 heteroatoms. The number of halogens is 2. The molecular weight excluding hydrogens is 282 g/mol. The fourth-order valence-corrected chi connectivity index (χ4v) is 1.79. The van der Waals surface area contributed by atoms with Gasteiger partial charge in [-0.2, -0.15) is 8.78 Å². The lowest BCUT2D eigenvalue weighted by Gasteiger charge is -2.12. The van der Waals surface area contributed by atoms with Gasteiger partial charge in [-0.05, 0) is 12.1 Å². The average Bonchev–Trinajstić information content (AvgIpc) is 2.46. The number of ether oxygens (including phenoxy) is 1. The highest BCUT2D eigenvalue weighted by Gasteiger charge is 2.10. The topological polar surface area (TPSA) is 64.4 Å². The lowest BCUT2D eigenvalue weighted by atomic mass is 10.2. The van der Waals surface area contributed by atoms with Crippen molar-refractivity contribution >= 4 is 11.4 Å². The van der Waals surface area contributed by atoms with Gasteiger partial charge in [0.25, 0.3) is 5.69 Å². The molecule has 2 aromatic carbocycles. The molecule has 0 saturated heterocycles. The van der Waals surface area contributed by atoms with Crippen molar-refractivity contribution in [2.45, 2.75) is 13.2 Å². The van der Waals surface area contributed by atoms with E-state index >= 15 is 0 Å². The predicted octanol–water partition coefficient (Wildman–Crippen LogP) is 3.81. The highest BCUT2D eigenvalue weighted by Crippen LogP contribution is 2.22. The van der Waals surface area contributed by atoms with Gasteiger partial charge in [0, 0.05) is 29.9 Å². The van der Waals surface area contributed by atoms with Crippen LogP contribution in [0.15, 0.2) is 48.5 Å². The Morgan fingerprint density at radius 2 is 1.95 bits per heavy atom. The zero-order valence-corrected chi connectivity index (χ0v) is 10.8. The molecule has 2 aromatic rings. The van der Waals surface area contributed by atoms with Gasteiger partial charge in [0.2, 0.25) is 0 Å². The first kappa shape index (κ1) is 14.7. The molecule has 0 fully saturated rings. The zero-order valence-electron chi connectivity index (χ0n) is 10.8. The molecule has 0 atom stereocenters. The first-order chi connectivity index (χ1) is 10.1. The third kappa shape index (κ3) is 4.13. The van der Waals surface area contributed by atoms with Crippen molar-refractivity contribution in [2.75, 3.05) is 5.32 Å². The maximum Gasteiger partial charge on any atom is 0.387 e. The molecular formula is C14H12F2N2O3. The van der Waals surface area contributed by atoms with Crippen LogP contribution in [0.25, 0.3) is 0 Å². The molecule has 1 N–H and O–H groups in total. The van der Waals surface area contributed by atoms with Gasteiger partial charge in [0.15, 0.2) is 0 Å². The van der Waals surface area contributed by atoms with E-state index in [1.807, 2.05) is 0 Å². The van der Waals surface area contributed by atoms with Gasteiger partial charge in [0.1, 0.15) is 5.75 Å². The third-order valence-corrected chi connectivity index (χ3v) is 2.73. The Morgan fingerprint density at radius 1 is 1.19 bits per heavy atom. The van der Waals surface area contributed by atoms with Crippen molar-refractivity contribution in [1.82, 2.24) is 0 Å². The first-order valence-corrected chi connectivity index (χ1v) is 6.07. The van der Waals surface area contributed by atoms with E-state index in [0.717, 1.165) is 0 Å². The number of alkyl halides is 2. The van der Waals surface area contributed by atoms with Crippen molar-refractivity contribution in [1.29, 1.82) is 0 Å². The fraction of sp³-hybridized carbons (Fsp3) is 0.143. The largest absolute Gasteiger partial charge is 0.434 e. The van der Waals surface area contributed by atoms with E-state index in [4.69, 9.17) is 0 Å². The van der Waals surface area contributed by atoms with Crippen molar-refractivity contribution < 1.29 is 18.4 Å². The molecule has 0 unspecified atom stereocenters. The van der Waals surface area contributed by atoms with Crippen LogP contribution in [0, 0.1) is 10.1 Å². The number of rotatable bonds is 6. The van der Waals surface area contributed by atoms with Crippen LogP contribution in [0.4, 0.5) is 20.2 Å². The van der Waals surface area contributed by atoms with E-state index < -0.39 is 11.5 Å². The summed E-state index contributed by atoms with van der Waals surface area (Å²) < 4.78 is 29.0. The van der Waals surface area contributed by atoms with Gasteiger partial charge in [-0.1, -0.05) is 24.3 Å². The molecule has 21 heavy (non-hydrogen) atoms. The van der Waals surface area contributed by atoms with Crippen LogP contribution < -0.4 is 10.1 Å². The number of nitrogens with zero attached hydrogens (tertiary/aromatic N) is 1. The van der Waals surface area contributed by atoms with Gasteiger partial charge in [-0.25, -0.2) is 0 Å². The van der Waals surface area contributed by atoms with E-state index in [0.29, 0.717) is 11.3 Å². The van der Waals surface area contributed by atoms with Crippen LogP contribution in [0.3, 0.4) is 0 Å². The van der Waals surface area contributed by atoms with Crippen molar-refractivity contribution in [3.05, 3.63) is 64.2 Å². The summed E-state index contributed by atoms with van der Waals surface area (Å²) in [5, 5.41) is 13.6. The maximum absolute atomic E-state index is 12.3. The summed E-state index contributed by atoms with van der Waals surface area (Å²) in [6.07, 6.45) is 0. The molecule has 0 spiro atoms. The summed E-state index contributed by atoms with van der Waals surface area (Å²) in [6, 6.07) is 12.3. The van der Waals surface area contributed by atoms with E-state index in [1.54, 1.807) is 30.3 Å². The number of non-ortho nitro benzene ring substituents is 1. The van der Waals surface area contributed by atoms with E-state index in [1.165, 1.54) is 18.2 Å². The van der Waals surface area contributed by atoms with Crippen LogP contribution in [0.2, 0.25) is 0 Å². The van der Waals surface area contributed by atoms with Gasteiger partial charge in [-0.15, -0.1) is 0 Å². The van der Waals surface area contributed by atoms with Crippen LogP contribution in [0.5, 0.6) is 5.75 Å². The van der Waals surface area contributed by atoms with Crippen molar-refractivity contribution in [3.8, 4) is 5.75 Å². The normalized spacial score (nSPS) is 10.4. The maximum atomic E-state index is 12.3. The van der Waals surface area contributed by atoms with Gasteiger partial charge >= 0.3 is 6.61 Å². The summed E-state index contributed by atoms with van der Waals surface area (Å²) in [7, 11) is 0. The number of hydrogen-bond donors (Lipinski definition) is 1. The Hall–Kier alpha value is -2.70. The summed E-state index contributed by atoms with van der Waals surface area (Å²) >= 11 is 0. The van der Waals surface area contributed by atoms with Crippen molar-refractivity contribution in [2.24, 2.45) is 0 Å². The lowest BCUT2D eigenvalue weighted by molar-refractivity contribution is -0.384. The fourth-order valence-electron chi connectivity index (χ4n) is 1.79. The minimum absolute atomic E-state index is 0.0443. The predicted molar refractivity (Wildman–Crippen MR) is 73.5 cm³/mol. The van der Waals surface area contributed by atoms with Crippen LogP contribution in [-0.4, -0.2) is 11.5 Å². The molecule has 2 rings (SSSR count). The highest BCUT2D eigenvalue weighted by atomic mass is 19.3. The molecule has 0 aliphatic heterocycles. The van der Waals surface area contributed by atoms with E-state index in [9.17, 15) is 18.9 Å². The Labute approximate surface area is 119 Å². The molecule has 0 aliphatic carbocycles. The molecule has 0 radical (unpaired) electrons. The molecule has 0 heterocycles.